The summed E-state index contributed by atoms with van der Waals surface area (Å²) >= 11 is 5.14. The van der Waals surface area contributed by atoms with Gasteiger partial charge in [-0.1, -0.05) is 28.1 Å². The lowest BCUT2D eigenvalue weighted by atomic mass is 9.96. The van der Waals surface area contributed by atoms with Gasteiger partial charge in [0, 0.05) is 22.2 Å². The molecule has 1 unspecified atom stereocenters. The highest BCUT2D eigenvalue weighted by Crippen LogP contribution is 2.20. The Hall–Kier alpha value is -0.710. The fourth-order valence-electron chi connectivity index (χ4n) is 1.94. The molecule has 96 valence electrons. The third-order valence-corrected chi connectivity index (χ3v) is 4.32. The number of nitrogens with zero attached hydrogens (tertiary/aromatic N) is 1. The highest BCUT2D eigenvalue weighted by molar-refractivity contribution is 9.10. The van der Waals surface area contributed by atoms with Crippen molar-refractivity contribution >= 4 is 27.3 Å². The van der Waals surface area contributed by atoms with Gasteiger partial charge in [0.1, 0.15) is 0 Å². The van der Waals surface area contributed by atoms with Crippen molar-refractivity contribution in [2.45, 2.75) is 19.8 Å². The van der Waals surface area contributed by atoms with Crippen molar-refractivity contribution in [3.05, 3.63) is 50.4 Å². The zero-order chi connectivity index (χ0) is 13.0. The van der Waals surface area contributed by atoms with Gasteiger partial charge in [-0.05, 0) is 43.4 Å². The van der Waals surface area contributed by atoms with Crippen LogP contribution in [-0.4, -0.2) is 16.7 Å². The van der Waals surface area contributed by atoms with E-state index in [0.29, 0.717) is 0 Å². The van der Waals surface area contributed by atoms with E-state index in [1.54, 1.807) is 11.3 Å². The van der Waals surface area contributed by atoms with E-state index >= 15 is 0 Å². The number of hydrogen-bond donors (Lipinski definition) is 1. The maximum Gasteiger partial charge on any atom is 0.0896 e. The molecule has 0 radical (unpaired) electrons. The summed E-state index contributed by atoms with van der Waals surface area (Å²) in [6.07, 6.45) is 3.73. The van der Waals surface area contributed by atoms with Crippen LogP contribution >= 0.6 is 27.3 Å². The molecule has 1 N–H and O–H groups in total. The first-order chi connectivity index (χ1) is 8.67. The van der Waals surface area contributed by atoms with E-state index < -0.39 is 0 Å². The average Bonchev–Trinajstić information content (AvgIpc) is 2.77. The van der Waals surface area contributed by atoms with Gasteiger partial charge in [0.15, 0.2) is 0 Å². The van der Waals surface area contributed by atoms with Gasteiger partial charge >= 0.3 is 0 Å². The Morgan fingerprint density at radius 2 is 2.00 bits per heavy atom. The van der Waals surface area contributed by atoms with Crippen LogP contribution < -0.4 is 0 Å². The topological polar surface area (TPSA) is 33.1 Å². The fraction of sp³-hybridized carbons (Fsp3) is 0.357. The molecule has 0 aliphatic carbocycles. The van der Waals surface area contributed by atoms with E-state index in [0.717, 1.165) is 22.3 Å². The van der Waals surface area contributed by atoms with Crippen molar-refractivity contribution < 1.29 is 5.11 Å². The number of aryl methyl sites for hydroxylation is 1. The van der Waals surface area contributed by atoms with Crippen LogP contribution in [0.25, 0.3) is 0 Å². The summed E-state index contributed by atoms with van der Waals surface area (Å²) in [6.45, 7) is 2.23. The largest absolute Gasteiger partial charge is 0.396 e. The minimum Gasteiger partial charge on any atom is -0.396 e. The fourth-order valence-corrected chi connectivity index (χ4v) is 3.11. The molecule has 0 amide bonds. The van der Waals surface area contributed by atoms with Gasteiger partial charge in [-0.15, -0.1) is 11.3 Å². The van der Waals surface area contributed by atoms with Crippen LogP contribution in [0.3, 0.4) is 0 Å². The number of hydrogen-bond acceptors (Lipinski definition) is 3. The number of aliphatic hydroxyl groups excluding tert-OH is 1. The molecule has 0 saturated carbocycles. The lowest BCUT2D eigenvalue weighted by molar-refractivity contribution is 0.225. The molecule has 2 rings (SSSR count). The maximum absolute atomic E-state index is 9.49. The molecule has 0 bridgehead atoms. The summed E-state index contributed by atoms with van der Waals surface area (Å²) in [4.78, 5) is 5.51. The van der Waals surface area contributed by atoms with Gasteiger partial charge in [0.05, 0.1) is 5.01 Å². The molecule has 2 nitrogen and oxygen atoms in total. The molecule has 1 aromatic heterocycles. The third-order valence-electron chi connectivity index (χ3n) is 2.85. The second-order valence-electron chi connectivity index (χ2n) is 4.43. The first-order valence-electron chi connectivity index (χ1n) is 5.94. The Morgan fingerprint density at radius 3 is 2.56 bits per heavy atom. The molecule has 1 aromatic carbocycles. The molecular formula is C14H16BrNOS. The predicted octanol–water partition coefficient (Wildman–Crippen LogP) is 3.61. The van der Waals surface area contributed by atoms with Crippen molar-refractivity contribution in [2.75, 3.05) is 6.61 Å². The second kappa shape index (κ2) is 6.45. The standard InChI is InChI=1S/C14H16BrNOS/c1-10-16-8-14(18-10)7-12(9-17)6-11-2-4-13(15)5-3-11/h2-5,8,12,17H,6-7,9H2,1H3. The average molecular weight is 326 g/mol. The molecule has 0 spiro atoms. The Bertz CT molecular complexity index is 495. The summed E-state index contributed by atoms with van der Waals surface area (Å²) in [7, 11) is 0. The van der Waals surface area contributed by atoms with E-state index in [1.807, 2.05) is 25.3 Å². The zero-order valence-electron chi connectivity index (χ0n) is 10.3. The van der Waals surface area contributed by atoms with Crippen LogP contribution in [0.1, 0.15) is 15.4 Å². The Labute approximate surface area is 120 Å². The number of aliphatic hydroxyl groups is 1. The summed E-state index contributed by atoms with van der Waals surface area (Å²) in [5, 5.41) is 10.6. The summed E-state index contributed by atoms with van der Waals surface area (Å²) in [5.74, 6) is 0.269. The van der Waals surface area contributed by atoms with Gasteiger partial charge < -0.3 is 5.11 Å². The third kappa shape index (κ3) is 3.90. The van der Waals surface area contributed by atoms with Gasteiger partial charge in [-0.2, -0.15) is 0 Å². The van der Waals surface area contributed by atoms with Gasteiger partial charge in [-0.25, -0.2) is 4.98 Å². The van der Waals surface area contributed by atoms with Crippen molar-refractivity contribution in [3.8, 4) is 0 Å². The number of halogens is 1. The van der Waals surface area contributed by atoms with Crippen molar-refractivity contribution in [1.82, 2.24) is 4.98 Å². The van der Waals surface area contributed by atoms with Crippen molar-refractivity contribution in [2.24, 2.45) is 5.92 Å². The van der Waals surface area contributed by atoms with Gasteiger partial charge in [0.25, 0.3) is 0 Å². The summed E-state index contributed by atoms with van der Waals surface area (Å²) < 4.78 is 1.09. The molecular weight excluding hydrogens is 310 g/mol. The molecule has 0 fully saturated rings. The quantitative estimate of drug-likeness (QED) is 0.910. The van der Waals surface area contributed by atoms with Gasteiger partial charge in [0.2, 0.25) is 0 Å². The van der Waals surface area contributed by atoms with E-state index in [9.17, 15) is 5.11 Å². The molecule has 4 heteroatoms. The molecule has 1 atom stereocenters. The van der Waals surface area contributed by atoms with Crippen LogP contribution in [0, 0.1) is 12.8 Å². The minimum atomic E-state index is 0.215. The van der Waals surface area contributed by atoms with Crippen molar-refractivity contribution in [3.63, 3.8) is 0 Å². The molecule has 0 aliphatic heterocycles. The predicted molar refractivity (Wildman–Crippen MR) is 79.0 cm³/mol. The molecule has 0 aliphatic rings. The highest BCUT2D eigenvalue weighted by Gasteiger charge is 2.11. The smallest absolute Gasteiger partial charge is 0.0896 e. The number of rotatable bonds is 5. The number of aromatic nitrogens is 1. The SMILES string of the molecule is Cc1ncc(CC(CO)Cc2ccc(Br)cc2)s1. The first-order valence-corrected chi connectivity index (χ1v) is 7.55. The molecule has 18 heavy (non-hydrogen) atoms. The van der Waals surface area contributed by atoms with Crippen LogP contribution in [0.15, 0.2) is 34.9 Å². The zero-order valence-corrected chi connectivity index (χ0v) is 12.7. The Balaban J connectivity index is 1.99. The molecule has 2 aromatic rings. The summed E-state index contributed by atoms with van der Waals surface area (Å²) in [5.41, 5.74) is 1.26. The van der Waals surface area contributed by atoms with Crippen molar-refractivity contribution in [1.29, 1.82) is 0 Å². The number of benzene rings is 1. The van der Waals surface area contributed by atoms with E-state index in [4.69, 9.17) is 0 Å². The van der Waals surface area contributed by atoms with Crippen LogP contribution in [-0.2, 0) is 12.8 Å². The van der Waals surface area contributed by atoms with Crippen LogP contribution in [0.4, 0.5) is 0 Å². The highest BCUT2D eigenvalue weighted by atomic mass is 79.9. The Kier molecular flexibility index (Phi) is 4.92. The molecule has 0 saturated heterocycles. The minimum absolute atomic E-state index is 0.215. The molecule has 1 heterocycles. The Morgan fingerprint density at radius 1 is 1.28 bits per heavy atom. The van der Waals surface area contributed by atoms with E-state index in [1.165, 1.54) is 10.4 Å². The maximum atomic E-state index is 9.49. The number of thiazole rings is 1. The lowest BCUT2D eigenvalue weighted by Crippen LogP contribution is -2.12. The monoisotopic (exact) mass is 325 g/mol. The van der Waals surface area contributed by atoms with E-state index in [-0.39, 0.29) is 12.5 Å². The van der Waals surface area contributed by atoms with Crippen LogP contribution in [0.5, 0.6) is 0 Å². The lowest BCUT2D eigenvalue weighted by Gasteiger charge is -2.12. The van der Waals surface area contributed by atoms with E-state index in [2.05, 4.69) is 33.0 Å². The second-order valence-corrected chi connectivity index (χ2v) is 6.66. The normalized spacial score (nSPS) is 12.6. The summed E-state index contributed by atoms with van der Waals surface area (Å²) in [6, 6.07) is 8.29. The first kappa shape index (κ1) is 13.7. The van der Waals surface area contributed by atoms with Crippen LogP contribution in [0.2, 0.25) is 0 Å². The van der Waals surface area contributed by atoms with Gasteiger partial charge in [-0.3, -0.25) is 0 Å².